The molecule has 2 heterocycles. The molecule has 0 atom stereocenters. The molecule has 0 aliphatic carbocycles. The molecule has 1 saturated heterocycles. The van der Waals surface area contributed by atoms with Gasteiger partial charge >= 0.3 is 0 Å². The van der Waals surface area contributed by atoms with Crippen molar-refractivity contribution >= 4 is 17.3 Å². The first-order valence-corrected chi connectivity index (χ1v) is 7.94. The fourth-order valence-corrected chi connectivity index (χ4v) is 2.63. The van der Waals surface area contributed by atoms with E-state index in [4.69, 9.17) is 15.2 Å². The Morgan fingerprint density at radius 1 is 1.09 bits per heavy atom. The highest BCUT2D eigenvalue weighted by atomic mass is 16.5. The van der Waals surface area contributed by atoms with Crippen molar-refractivity contribution in [2.24, 2.45) is 0 Å². The van der Waals surface area contributed by atoms with Crippen molar-refractivity contribution in [1.82, 2.24) is 14.9 Å². The first-order chi connectivity index (χ1) is 11.2. The fraction of sp³-hybridized carbons (Fsp3) is 0.733. The molecule has 0 radical (unpaired) electrons. The van der Waals surface area contributed by atoms with Crippen LogP contribution in [0.4, 0.5) is 17.3 Å². The summed E-state index contributed by atoms with van der Waals surface area (Å²) in [5, 5.41) is 0. The summed E-state index contributed by atoms with van der Waals surface area (Å²) in [6.45, 7) is 6.51. The molecule has 0 unspecified atom stereocenters. The Bertz CT molecular complexity index is 471. The van der Waals surface area contributed by atoms with Crippen LogP contribution < -0.4 is 15.5 Å². The Labute approximate surface area is 138 Å². The van der Waals surface area contributed by atoms with Crippen LogP contribution in [0.3, 0.4) is 0 Å². The van der Waals surface area contributed by atoms with E-state index in [0.717, 1.165) is 37.8 Å². The smallest absolute Gasteiger partial charge is 0.157 e. The Balaban J connectivity index is 2.18. The predicted octanol–water partition coefficient (Wildman–Crippen LogP) is -0.0902. The number of nitrogen functional groups attached to an aromatic ring is 1. The normalized spacial score (nSPS) is 15.9. The zero-order valence-electron chi connectivity index (χ0n) is 14.4. The van der Waals surface area contributed by atoms with Gasteiger partial charge in [0.15, 0.2) is 11.6 Å². The van der Waals surface area contributed by atoms with Crippen LogP contribution in [0.25, 0.3) is 0 Å². The van der Waals surface area contributed by atoms with Gasteiger partial charge in [-0.25, -0.2) is 9.97 Å². The topological polar surface area (TPSA) is 80.0 Å². The van der Waals surface area contributed by atoms with Crippen molar-refractivity contribution in [2.75, 3.05) is 89.3 Å². The molecule has 130 valence electrons. The van der Waals surface area contributed by atoms with Crippen LogP contribution in [-0.4, -0.2) is 88.6 Å². The molecule has 0 spiro atoms. The first-order valence-electron chi connectivity index (χ1n) is 7.94. The molecule has 1 aromatic heterocycles. The minimum absolute atomic E-state index is 0.608. The molecule has 1 aliphatic heterocycles. The van der Waals surface area contributed by atoms with E-state index in [1.807, 2.05) is 0 Å². The molecule has 2 rings (SSSR count). The molecule has 0 saturated carbocycles. The summed E-state index contributed by atoms with van der Waals surface area (Å²) < 4.78 is 10.4. The highest BCUT2D eigenvalue weighted by Gasteiger charge is 2.21. The summed E-state index contributed by atoms with van der Waals surface area (Å²) in [4.78, 5) is 15.4. The van der Waals surface area contributed by atoms with Gasteiger partial charge in [0, 0.05) is 53.5 Å². The number of nitrogens with zero attached hydrogens (tertiary/aromatic N) is 5. The van der Waals surface area contributed by atoms with E-state index in [2.05, 4.69) is 31.7 Å². The number of anilines is 3. The number of rotatable bonds is 8. The molecule has 1 aromatic rings. The van der Waals surface area contributed by atoms with E-state index in [1.165, 1.54) is 0 Å². The van der Waals surface area contributed by atoms with Crippen LogP contribution >= 0.6 is 0 Å². The maximum atomic E-state index is 6.39. The van der Waals surface area contributed by atoms with Crippen LogP contribution in [0.5, 0.6) is 0 Å². The van der Waals surface area contributed by atoms with Crippen LogP contribution in [0.15, 0.2) is 6.33 Å². The molecular weight excluding hydrogens is 296 g/mol. The standard InChI is InChI=1S/C15H28N6O2/c1-19-4-6-20(7-5-19)14-13(16)15(18-12-17-14)21(8-10-22-2)9-11-23-3/h12H,4-11,16H2,1-3H3. The summed E-state index contributed by atoms with van der Waals surface area (Å²) in [5.41, 5.74) is 7.02. The SMILES string of the molecule is COCCN(CCOC)c1ncnc(N2CCN(C)CC2)c1N. The number of hydrogen-bond acceptors (Lipinski definition) is 8. The summed E-state index contributed by atoms with van der Waals surface area (Å²) >= 11 is 0. The summed E-state index contributed by atoms with van der Waals surface area (Å²) in [6, 6.07) is 0. The highest BCUT2D eigenvalue weighted by Crippen LogP contribution is 2.29. The van der Waals surface area contributed by atoms with E-state index in [9.17, 15) is 0 Å². The fourth-order valence-electron chi connectivity index (χ4n) is 2.63. The third-order valence-corrected chi connectivity index (χ3v) is 4.07. The van der Waals surface area contributed by atoms with E-state index in [0.29, 0.717) is 32.0 Å². The first kappa shape index (κ1) is 17.7. The van der Waals surface area contributed by atoms with Gasteiger partial charge in [0.2, 0.25) is 0 Å². The third-order valence-electron chi connectivity index (χ3n) is 4.07. The quantitative estimate of drug-likeness (QED) is 0.711. The second kappa shape index (κ2) is 8.85. The lowest BCUT2D eigenvalue weighted by atomic mass is 10.3. The number of aromatic nitrogens is 2. The van der Waals surface area contributed by atoms with Crippen molar-refractivity contribution in [3.63, 3.8) is 0 Å². The number of ether oxygens (including phenoxy) is 2. The maximum absolute atomic E-state index is 6.39. The van der Waals surface area contributed by atoms with E-state index < -0.39 is 0 Å². The lowest BCUT2D eigenvalue weighted by molar-refractivity contribution is 0.190. The van der Waals surface area contributed by atoms with Gasteiger partial charge < -0.3 is 29.9 Å². The van der Waals surface area contributed by atoms with Crippen LogP contribution in [0.2, 0.25) is 0 Å². The average molecular weight is 324 g/mol. The minimum Gasteiger partial charge on any atom is -0.393 e. The predicted molar refractivity (Wildman–Crippen MR) is 92.1 cm³/mol. The van der Waals surface area contributed by atoms with E-state index in [-0.39, 0.29) is 0 Å². The molecule has 0 amide bonds. The molecule has 1 aliphatic rings. The van der Waals surface area contributed by atoms with Gasteiger partial charge in [-0.05, 0) is 7.05 Å². The molecule has 23 heavy (non-hydrogen) atoms. The summed E-state index contributed by atoms with van der Waals surface area (Å²) in [5.74, 6) is 1.57. The molecule has 1 fully saturated rings. The van der Waals surface area contributed by atoms with Gasteiger partial charge in [0.25, 0.3) is 0 Å². The minimum atomic E-state index is 0.608. The average Bonchev–Trinajstić information content (AvgIpc) is 2.57. The van der Waals surface area contributed by atoms with Crippen molar-refractivity contribution < 1.29 is 9.47 Å². The lowest BCUT2D eigenvalue weighted by Crippen LogP contribution is -2.45. The summed E-state index contributed by atoms with van der Waals surface area (Å²) in [6.07, 6.45) is 1.59. The largest absolute Gasteiger partial charge is 0.393 e. The zero-order valence-corrected chi connectivity index (χ0v) is 14.4. The van der Waals surface area contributed by atoms with Crippen LogP contribution in [0, 0.1) is 0 Å². The molecule has 8 heteroatoms. The number of likely N-dealkylation sites (N-methyl/N-ethyl adjacent to an activating group) is 1. The van der Waals surface area contributed by atoms with Gasteiger partial charge in [-0.1, -0.05) is 0 Å². The van der Waals surface area contributed by atoms with Crippen molar-refractivity contribution in [3.05, 3.63) is 6.33 Å². The Morgan fingerprint density at radius 3 is 2.26 bits per heavy atom. The zero-order chi connectivity index (χ0) is 16.7. The van der Waals surface area contributed by atoms with Gasteiger partial charge in [0.1, 0.15) is 12.0 Å². The molecule has 0 bridgehead atoms. The number of methoxy groups -OCH3 is 2. The lowest BCUT2D eigenvalue weighted by Gasteiger charge is -2.34. The van der Waals surface area contributed by atoms with Gasteiger partial charge in [0.05, 0.1) is 13.2 Å². The van der Waals surface area contributed by atoms with E-state index >= 15 is 0 Å². The number of piperazine rings is 1. The molecular formula is C15H28N6O2. The number of nitrogens with two attached hydrogens (primary N) is 1. The summed E-state index contributed by atoms with van der Waals surface area (Å²) in [7, 11) is 5.50. The Morgan fingerprint density at radius 2 is 1.70 bits per heavy atom. The Kier molecular flexibility index (Phi) is 6.82. The highest BCUT2D eigenvalue weighted by molar-refractivity contribution is 5.75. The Hall–Kier alpha value is -1.64. The van der Waals surface area contributed by atoms with Crippen LogP contribution in [-0.2, 0) is 9.47 Å². The van der Waals surface area contributed by atoms with E-state index in [1.54, 1.807) is 20.5 Å². The molecule has 0 aromatic carbocycles. The van der Waals surface area contributed by atoms with Crippen LogP contribution in [0.1, 0.15) is 0 Å². The maximum Gasteiger partial charge on any atom is 0.157 e. The second-order valence-corrected chi connectivity index (χ2v) is 5.70. The number of hydrogen-bond donors (Lipinski definition) is 1. The van der Waals surface area contributed by atoms with Gasteiger partial charge in [-0.3, -0.25) is 0 Å². The van der Waals surface area contributed by atoms with Crippen molar-refractivity contribution in [2.45, 2.75) is 0 Å². The van der Waals surface area contributed by atoms with Crippen molar-refractivity contribution in [3.8, 4) is 0 Å². The second-order valence-electron chi connectivity index (χ2n) is 5.70. The van der Waals surface area contributed by atoms with Crippen molar-refractivity contribution in [1.29, 1.82) is 0 Å². The molecule has 2 N–H and O–H groups in total. The van der Waals surface area contributed by atoms with Gasteiger partial charge in [-0.15, -0.1) is 0 Å². The monoisotopic (exact) mass is 324 g/mol. The molecule has 8 nitrogen and oxygen atoms in total. The third kappa shape index (κ3) is 4.66. The van der Waals surface area contributed by atoms with Gasteiger partial charge in [-0.2, -0.15) is 0 Å².